The van der Waals surface area contributed by atoms with Gasteiger partial charge in [0.05, 0.1) is 11.7 Å². The molecule has 2 aliphatic rings. The molecule has 5 nitrogen and oxygen atoms in total. The lowest BCUT2D eigenvalue weighted by Gasteiger charge is -2.26. The van der Waals surface area contributed by atoms with E-state index in [4.69, 9.17) is 0 Å². The van der Waals surface area contributed by atoms with Gasteiger partial charge in [0, 0.05) is 32.6 Å². The van der Waals surface area contributed by atoms with Crippen LogP contribution in [-0.2, 0) is 16.1 Å². The molecular weight excluding hydrogens is 326 g/mol. The maximum absolute atomic E-state index is 12.8. The number of carbonyl (C=O) groups is 2. The summed E-state index contributed by atoms with van der Waals surface area (Å²) in [6, 6.07) is 4.12. The average Bonchev–Trinajstić information content (AvgIpc) is 3.15. The number of likely N-dealkylation sites (tertiary alicyclic amines) is 1. The average molecular weight is 357 g/mol. The van der Waals surface area contributed by atoms with Gasteiger partial charge in [-0.05, 0) is 36.8 Å². The van der Waals surface area contributed by atoms with Gasteiger partial charge in [0.2, 0.25) is 11.8 Å². The van der Waals surface area contributed by atoms with Crippen molar-refractivity contribution in [2.75, 3.05) is 6.54 Å². The van der Waals surface area contributed by atoms with Crippen LogP contribution in [0.15, 0.2) is 18.3 Å². The van der Waals surface area contributed by atoms with Crippen molar-refractivity contribution < 1.29 is 9.59 Å². The lowest BCUT2D eigenvalue weighted by molar-refractivity contribution is -0.132. The Labute approximate surface area is 156 Å². The van der Waals surface area contributed by atoms with Crippen LogP contribution in [0.4, 0.5) is 0 Å². The summed E-state index contributed by atoms with van der Waals surface area (Å²) >= 11 is 0. The number of hydrogen-bond donors (Lipinski definition) is 1. The van der Waals surface area contributed by atoms with Gasteiger partial charge in [-0.3, -0.25) is 14.6 Å². The highest BCUT2D eigenvalue weighted by Gasteiger charge is 2.31. The Hall–Kier alpha value is -1.91. The van der Waals surface area contributed by atoms with Crippen molar-refractivity contribution in [3.63, 3.8) is 0 Å². The highest BCUT2D eigenvalue weighted by Crippen LogP contribution is 2.33. The normalized spacial score (nSPS) is 21.0. The van der Waals surface area contributed by atoms with E-state index < -0.39 is 0 Å². The van der Waals surface area contributed by atoms with Gasteiger partial charge < -0.3 is 10.2 Å². The van der Waals surface area contributed by atoms with Crippen LogP contribution < -0.4 is 5.32 Å². The number of hydrogen-bond acceptors (Lipinski definition) is 3. The topological polar surface area (TPSA) is 62.3 Å². The zero-order valence-electron chi connectivity index (χ0n) is 15.9. The van der Waals surface area contributed by atoms with Crippen molar-refractivity contribution in [2.45, 2.75) is 77.3 Å². The number of pyridine rings is 1. The Kier molecular flexibility index (Phi) is 6.64. The molecule has 0 spiro atoms. The molecule has 0 aromatic carbocycles. The van der Waals surface area contributed by atoms with Crippen LogP contribution in [0.2, 0.25) is 0 Å². The first-order chi connectivity index (χ1) is 12.6. The lowest BCUT2D eigenvalue weighted by atomic mass is 9.86. The van der Waals surface area contributed by atoms with Crippen LogP contribution in [0.25, 0.3) is 0 Å². The Balaban J connectivity index is 1.54. The Morgan fingerprint density at radius 2 is 1.96 bits per heavy atom. The predicted molar refractivity (Wildman–Crippen MR) is 101 cm³/mol. The first-order valence-corrected chi connectivity index (χ1v) is 10.1. The van der Waals surface area contributed by atoms with E-state index in [1.165, 1.54) is 39.0 Å². The van der Waals surface area contributed by atoms with Crippen LogP contribution in [0.3, 0.4) is 0 Å². The number of rotatable bonds is 6. The summed E-state index contributed by atoms with van der Waals surface area (Å²) in [6.45, 7) is 2.86. The molecule has 1 aromatic rings. The van der Waals surface area contributed by atoms with Crippen molar-refractivity contribution in [3.8, 4) is 0 Å². The molecule has 1 saturated carbocycles. The summed E-state index contributed by atoms with van der Waals surface area (Å²) in [7, 11) is 0. The summed E-state index contributed by atoms with van der Waals surface area (Å²) < 4.78 is 0. The van der Waals surface area contributed by atoms with Crippen molar-refractivity contribution in [1.82, 2.24) is 15.2 Å². The number of nitrogens with zero attached hydrogens (tertiary/aromatic N) is 2. The largest absolute Gasteiger partial charge is 0.352 e. The van der Waals surface area contributed by atoms with Crippen LogP contribution in [-0.4, -0.2) is 28.2 Å². The van der Waals surface area contributed by atoms with E-state index in [0.717, 1.165) is 43.0 Å². The van der Waals surface area contributed by atoms with Crippen molar-refractivity contribution in [1.29, 1.82) is 0 Å². The number of aromatic nitrogens is 1. The third-order valence-electron chi connectivity index (χ3n) is 5.79. The molecule has 1 unspecified atom stereocenters. The van der Waals surface area contributed by atoms with Gasteiger partial charge in [-0.15, -0.1) is 0 Å². The predicted octanol–water partition coefficient (Wildman–Crippen LogP) is 3.74. The molecule has 2 heterocycles. The molecule has 1 aliphatic carbocycles. The molecule has 0 bridgehead atoms. The van der Waals surface area contributed by atoms with Crippen LogP contribution in [0.5, 0.6) is 0 Å². The Morgan fingerprint density at radius 1 is 1.15 bits per heavy atom. The van der Waals surface area contributed by atoms with E-state index in [0.29, 0.717) is 18.9 Å². The standard InChI is InChI=1S/C21H31N3O2/c1-16(25)22-14-18-9-11-19(23-15-18)20-8-5-13-24(20)21(26)12-10-17-6-3-2-4-7-17/h9,11,15,17,20H,2-8,10,12-14H2,1H3,(H,22,25). The van der Waals surface area contributed by atoms with Crippen LogP contribution in [0, 0.1) is 5.92 Å². The smallest absolute Gasteiger partial charge is 0.223 e. The minimum atomic E-state index is -0.0420. The molecule has 1 aliphatic heterocycles. The van der Waals surface area contributed by atoms with Gasteiger partial charge in [-0.1, -0.05) is 38.2 Å². The third-order valence-corrected chi connectivity index (χ3v) is 5.79. The summed E-state index contributed by atoms with van der Waals surface area (Å²) in [5.74, 6) is 1.00. The number of amides is 2. The second-order valence-electron chi connectivity index (χ2n) is 7.79. The molecule has 1 atom stereocenters. The fourth-order valence-corrected chi connectivity index (χ4v) is 4.28. The van der Waals surface area contributed by atoms with Crippen LogP contribution in [0.1, 0.15) is 82.0 Å². The highest BCUT2D eigenvalue weighted by molar-refractivity contribution is 5.77. The molecule has 0 radical (unpaired) electrons. The SMILES string of the molecule is CC(=O)NCc1ccc(C2CCCN2C(=O)CCC2CCCCC2)nc1. The maximum Gasteiger partial charge on any atom is 0.223 e. The summed E-state index contributed by atoms with van der Waals surface area (Å²) in [4.78, 5) is 30.4. The molecule has 142 valence electrons. The molecule has 1 N–H and O–H groups in total. The molecule has 3 rings (SSSR count). The summed E-state index contributed by atoms with van der Waals surface area (Å²) in [6.07, 6.45) is 12.2. The molecule has 1 saturated heterocycles. The van der Waals surface area contributed by atoms with E-state index in [9.17, 15) is 9.59 Å². The van der Waals surface area contributed by atoms with E-state index in [1.54, 1.807) is 0 Å². The van der Waals surface area contributed by atoms with E-state index in [2.05, 4.69) is 10.3 Å². The third kappa shape index (κ3) is 5.05. The zero-order valence-corrected chi connectivity index (χ0v) is 15.9. The molecule has 5 heteroatoms. The minimum Gasteiger partial charge on any atom is -0.352 e. The summed E-state index contributed by atoms with van der Waals surface area (Å²) in [5.41, 5.74) is 1.96. The van der Waals surface area contributed by atoms with Crippen LogP contribution >= 0.6 is 0 Å². The van der Waals surface area contributed by atoms with Gasteiger partial charge in [0.25, 0.3) is 0 Å². The quantitative estimate of drug-likeness (QED) is 0.843. The van der Waals surface area contributed by atoms with Crippen molar-refractivity contribution >= 4 is 11.8 Å². The monoisotopic (exact) mass is 357 g/mol. The Bertz CT molecular complexity index is 608. The van der Waals surface area contributed by atoms with Crippen molar-refractivity contribution in [3.05, 3.63) is 29.6 Å². The second-order valence-corrected chi connectivity index (χ2v) is 7.79. The molecule has 1 aromatic heterocycles. The van der Waals surface area contributed by atoms with E-state index in [1.807, 2.05) is 23.2 Å². The molecule has 26 heavy (non-hydrogen) atoms. The van der Waals surface area contributed by atoms with Gasteiger partial charge in [0.1, 0.15) is 0 Å². The minimum absolute atomic E-state index is 0.0420. The Morgan fingerprint density at radius 3 is 2.65 bits per heavy atom. The van der Waals surface area contributed by atoms with E-state index >= 15 is 0 Å². The van der Waals surface area contributed by atoms with Gasteiger partial charge in [0.15, 0.2) is 0 Å². The lowest BCUT2D eigenvalue weighted by Crippen LogP contribution is -2.31. The second kappa shape index (κ2) is 9.15. The highest BCUT2D eigenvalue weighted by atomic mass is 16.2. The summed E-state index contributed by atoms with van der Waals surface area (Å²) in [5, 5.41) is 2.78. The fourth-order valence-electron chi connectivity index (χ4n) is 4.28. The number of nitrogens with one attached hydrogen (secondary N) is 1. The molecule has 2 fully saturated rings. The molecular formula is C21H31N3O2. The number of carbonyl (C=O) groups excluding carboxylic acids is 2. The van der Waals surface area contributed by atoms with Gasteiger partial charge >= 0.3 is 0 Å². The first-order valence-electron chi connectivity index (χ1n) is 10.1. The fraction of sp³-hybridized carbons (Fsp3) is 0.667. The van der Waals surface area contributed by atoms with Gasteiger partial charge in [-0.2, -0.15) is 0 Å². The van der Waals surface area contributed by atoms with Gasteiger partial charge in [-0.25, -0.2) is 0 Å². The first kappa shape index (κ1) is 18.9. The maximum atomic E-state index is 12.8. The molecule has 2 amide bonds. The zero-order chi connectivity index (χ0) is 18.4. The van der Waals surface area contributed by atoms with Crippen molar-refractivity contribution in [2.24, 2.45) is 5.92 Å². The van der Waals surface area contributed by atoms with E-state index in [-0.39, 0.29) is 11.9 Å².